The van der Waals surface area contributed by atoms with Crippen LogP contribution in [0, 0.1) is 35.9 Å². The normalized spacial score (nSPS) is 9.91. The average molecular weight is 452 g/mol. The summed E-state index contributed by atoms with van der Waals surface area (Å²) in [6, 6.07) is 15.1. The molecule has 0 bridgehead atoms. The molecule has 0 saturated heterocycles. The van der Waals surface area contributed by atoms with Crippen molar-refractivity contribution < 1.29 is 14.0 Å². The van der Waals surface area contributed by atoms with E-state index in [1.807, 2.05) is 0 Å². The number of hydrogen-bond donors (Lipinski definition) is 3. The van der Waals surface area contributed by atoms with Gasteiger partial charge in [0.2, 0.25) is 0 Å². The number of carbonyl (C=O) groups is 2. The number of amides is 2. The Labute approximate surface area is 197 Å². The molecule has 3 rings (SSSR count). The van der Waals surface area contributed by atoms with Gasteiger partial charge in [0.15, 0.2) is 0 Å². The van der Waals surface area contributed by atoms with Crippen molar-refractivity contribution in [1.82, 2.24) is 4.90 Å². The van der Waals surface area contributed by atoms with Crippen molar-refractivity contribution in [2.75, 3.05) is 24.7 Å². The van der Waals surface area contributed by atoms with Crippen LogP contribution >= 0.6 is 0 Å². The predicted molar refractivity (Wildman–Crippen MR) is 132 cm³/mol. The van der Waals surface area contributed by atoms with Gasteiger partial charge in [0.05, 0.1) is 16.8 Å². The molecule has 168 valence electrons. The molecule has 3 aromatic rings. The van der Waals surface area contributed by atoms with E-state index in [4.69, 9.17) is 18.3 Å². The van der Waals surface area contributed by atoms with Crippen molar-refractivity contribution in [3.8, 4) is 24.7 Å². The molecule has 0 aromatic heterocycles. The number of amidine groups is 1. The van der Waals surface area contributed by atoms with Crippen molar-refractivity contribution in [2.45, 2.75) is 0 Å². The molecule has 0 aliphatic carbocycles. The predicted octanol–water partition coefficient (Wildman–Crippen LogP) is 4.18. The van der Waals surface area contributed by atoms with Crippen LogP contribution in [0.2, 0.25) is 0 Å². The van der Waals surface area contributed by atoms with E-state index in [1.165, 1.54) is 29.2 Å². The van der Waals surface area contributed by atoms with Gasteiger partial charge in [0, 0.05) is 36.5 Å². The van der Waals surface area contributed by atoms with Crippen molar-refractivity contribution in [1.29, 1.82) is 5.41 Å². The summed E-state index contributed by atoms with van der Waals surface area (Å²) < 4.78 is 14.7. The Morgan fingerprint density at radius 2 is 1.47 bits per heavy atom. The molecule has 0 fully saturated rings. The summed E-state index contributed by atoms with van der Waals surface area (Å²) in [7, 11) is 3.33. The summed E-state index contributed by atoms with van der Waals surface area (Å²) in [6.07, 6.45) is 10.8. The Morgan fingerprint density at radius 3 is 2.06 bits per heavy atom. The first kappa shape index (κ1) is 23.8. The van der Waals surface area contributed by atoms with E-state index in [9.17, 15) is 14.0 Å². The third-order valence-corrected chi connectivity index (χ3v) is 4.92. The maximum atomic E-state index is 14.7. The van der Waals surface area contributed by atoms with E-state index < -0.39 is 17.6 Å². The molecule has 7 heteroatoms. The van der Waals surface area contributed by atoms with Gasteiger partial charge in [0.1, 0.15) is 11.7 Å². The molecule has 0 saturated carbocycles. The van der Waals surface area contributed by atoms with Crippen LogP contribution in [0.4, 0.5) is 15.8 Å². The van der Waals surface area contributed by atoms with Gasteiger partial charge in [-0.15, -0.1) is 12.8 Å². The van der Waals surface area contributed by atoms with Crippen molar-refractivity contribution >= 4 is 29.0 Å². The lowest BCUT2D eigenvalue weighted by molar-refractivity contribution is 0.102. The van der Waals surface area contributed by atoms with E-state index in [2.05, 4.69) is 22.5 Å². The minimum atomic E-state index is -0.790. The van der Waals surface area contributed by atoms with E-state index in [1.54, 1.807) is 44.4 Å². The van der Waals surface area contributed by atoms with Crippen molar-refractivity contribution in [3.05, 3.63) is 94.3 Å². The van der Waals surface area contributed by atoms with Gasteiger partial charge in [-0.1, -0.05) is 17.9 Å². The number of rotatable bonds is 5. The highest BCUT2D eigenvalue weighted by Crippen LogP contribution is 2.22. The zero-order chi connectivity index (χ0) is 24.8. The molecule has 0 radical (unpaired) electrons. The molecule has 0 heterocycles. The van der Waals surface area contributed by atoms with Crippen LogP contribution in [0.3, 0.4) is 0 Å². The third-order valence-electron chi connectivity index (χ3n) is 4.92. The fourth-order valence-electron chi connectivity index (χ4n) is 3.07. The number of terminal acetylenes is 2. The summed E-state index contributed by atoms with van der Waals surface area (Å²) in [5.74, 6) is 2.99. The monoisotopic (exact) mass is 452 g/mol. The SMILES string of the molecule is C#Cc1ccc(NC(=O)c2cc(C#C)ccc2NC(=O)c2ccc(C(=N)N(C)C)cc2F)cc1. The number of nitrogens with one attached hydrogen (secondary N) is 3. The lowest BCUT2D eigenvalue weighted by atomic mass is 10.1. The highest BCUT2D eigenvalue weighted by atomic mass is 19.1. The molecule has 34 heavy (non-hydrogen) atoms. The summed E-state index contributed by atoms with van der Waals surface area (Å²) >= 11 is 0. The number of benzene rings is 3. The lowest BCUT2D eigenvalue weighted by Crippen LogP contribution is -2.23. The summed E-state index contributed by atoms with van der Waals surface area (Å²) in [6.45, 7) is 0. The van der Waals surface area contributed by atoms with Crippen molar-refractivity contribution in [2.24, 2.45) is 0 Å². The number of carbonyl (C=O) groups excluding carboxylic acids is 2. The van der Waals surface area contributed by atoms with Gasteiger partial charge in [-0.05, 0) is 54.6 Å². The van der Waals surface area contributed by atoms with E-state index in [0.29, 0.717) is 22.4 Å². The fourth-order valence-corrected chi connectivity index (χ4v) is 3.07. The molecule has 3 N–H and O–H groups in total. The molecule has 0 unspecified atom stereocenters. The van der Waals surface area contributed by atoms with Crippen LogP contribution in [0.1, 0.15) is 37.4 Å². The van der Waals surface area contributed by atoms with Gasteiger partial charge >= 0.3 is 0 Å². The van der Waals surface area contributed by atoms with Crippen LogP contribution < -0.4 is 10.6 Å². The number of hydrogen-bond acceptors (Lipinski definition) is 3. The molecular formula is C27H21FN4O2. The maximum Gasteiger partial charge on any atom is 0.258 e. The minimum absolute atomic E-state index is 0.102. The second-order valence-corrected chi connectivity index (χ2v) is 7.47. The summed E-state index contributed by atoms with van der Waals surface area (Å²) in [4.78, 5) is 27.3. The Kier molecular flexibility index (Phi) is 7.10. The molecule has 0 aliphatic rings. The molecule has 0 spiro atoms. The van der Waals surface area contributed by atoms with E-state index >= 15 is 0 Å². The first-order valence-electron chi connectivity index (χ1n) is 10.1. The average Bonchev–Trinajstić information content (AvgIpc) is 2.83. The summed E-state index contributed by atoms with van der Waals surface area (Å²) in [5.41, 5.74) is 1.96. The van der Waals surface area contributed by atoms with E-state index in [0.717, 1.165) is 6.07 Å². The largest absolute Gasteiger partial charge is 0.363 e. The van der Waals surface area contributed by atoms with Crippen LogP contribution in [0.15, 0.2) is 60.7 Å². The number of nitrogens with zero attached hydrogens (tertiary/aromatic N) is 1. The Morgan fingerprint density at radius 1 is 0.853 bits per heavy atom. The highest BCUT2D eigenvalue weighted by molar-refractivity contribution is 6.13. The maximum absolute atomic E-state index is 14.7. The smallest absolute Gasteiger partial charge is 0.258 e. The first-order chi connectivity index (χ1) is 16.2. The van der Waals surface area contributed by atoms with Gasteiger partial charge in [-0.25, -0.2) is 4.39 Å². The number of halogens is 1. The number of anilines is 2. The first-order valence-corrected chi connectivity index (χ1v) is 10.1. The topological polar surface area (TPSA) is 85.3 Å². The molecular weight excluding hydrogens is 431 g/mol. The third kappa shape index (κ3) is 5.29. The highest BCUT2D eigenvalue weighted by Gasteiger charge is 2.19. The lowest BCUT2D eigenvalue weighted by Gasteiger charge is -2.15. The van der Waals surface area contributed by atoms with Gasteiger partial charge < -0.3 is 15.5 Å². The fraction of sp³-hybridized carbons (Fsp3) is 0.0741. The van der Waals surface area contributed by atoms with Crippen molar-refractivity contribution in [3.63, 3.8) is 0 Å². The van der Waals surface area contributed by atoms with Gasteiger partial charge in [0.25, 0.3) is 11.8 Å². The Hall–Kier alpha value is -4.88. The summed E-state index contributed by atoms with van der Waals surface area (Å²) in [5, 5.41) is 13.3. The van der Waals surface area contributed by atoms with Crippen LogP contribution in [-0.4, -0.2) is 36.6 Å². The molecule has 2 amide bonds. The zero-order valence-electron chi connectivity index (χ0n) is 18.6. The second-order valence-electron chi connectivity index (χ2n) is 7.47. The van der Waals surface area contributed by atoms with E-state index in [-0.39, 0.29) is 22.6 Å². The quantitative estimate of drug-likeness (QED) is 0.308. The Bertz CT molecular complexity index is 1360. The van der Waals surface area contributed by atoms with Crippen LogP contribution in [-0.2, 0) is 0 Å². The van der Waals surface area contributed by atoms with Crippen LogP contribution in [0.5, 0.6) is 0 Å². The molecule has 3 aromatic carbocycles. The van der Waals surface area contributed by atoms with Gasteiger partial charge in [-0.2, -0.15) is 0 Å². The standard InChI is InChI=1S/C27H21FN4O2/c1-5-17-7-11-20(12-8-17)30-27(34)22-15-18(6-2)9-14-24(22)31-26(33)21-13-10-19(16-23(21)28)25(29)32(3)4/h1-2,7-16,29H,3-4H3,(H,30,34)(H,31,33). The second kappa shape index (κ2) is 10.2. The molecule has 6 nitrogen and oxygen atoms in total. The molecule has 0 atom stereocenters. The zero-order valence-corrected chi connectivity index (χ0v) is 18.6. The minimum Gasteiger partial charge on any atom is -0.363 e. The Balaban J connectivity index is 1.88. The molecule has 0 aliphatic heterocycles. The van der Waals surface area contributed by atoms with Crippen LogP contribution in [0.25, 0.3) is 0 Å². The van der Waals surface area contributed by atoms with Gasteiger partial charge in [-0.3, -0.25) is 15.0 Å².